The standard InChI is InChI=1S/C14H13N3O4/c18-13(19)8-6-11(14(20)21)16-17-12-7-5-9-3-1-2-4-10(9)15-12/h1-5,7H,6,8H2,(H,15,17)(H,18,19)(H,20,21)/b16-11+. The van der Waals surface area contributed by atoms with Gasteiger partial charge in [-0.05, 0) is 18.2 Å². The Morgan fingerprint density at radius 2 is 1.86 bits per heavy atom. The molecule has 0 atom stereocenters. The molecule has 21 heavy (non-hydrogen) atoms. The molecule has 0 unspecified atom stereocenters. The number of carboxylic acids is 2. The third kappa shape index (κ3) is 4.00. The van der Waals surface area contributed by atoms with Gasteiger partial charge in [-0.25, -0.2) is 9.78 Å². The Kier molecular flexibility index (Phi) is 4.45. The SMILES string of the molecule is O=C(O)CC/C(=N\Nc1ccc2ccccc2n1)C(=O)O. The van der Waals surface area contributed by atoms with Crippen LogP contribution in [0.1, 0.15) is 12.8 Å². The maximum atomic E-state index is 11.0. The Morgan fingerprint density at radius 1 is 1.10 bits per heavy atom. The van der Waals surface area contributed by atoms with Crippen LogP contribution < -0.4 is 5.43 Å². The quantitative estimate of drug-likeness (QED) is 0.553. The Balaban J connectivity index is 2.15. The molecule has 1 aromatic heterocycles. The Hall–Kier alpha value is -2.96. The van der Waals surface area contributed by atoms with Gasteiger partial charge in [-0.3, -0.25) is 10.2 Å². The smallest absolute Gasteiger partial charge is 0.352 e. The van der Waals surface area contributed by atoms with Crippen molar-refractivity contribution in [2.24, 2.45) is 5.10 Å². The van der Waals surface area contributed by atoms with Crippen molar-refractivity contribution < 1.29 is 19.8 Å². The lowest BCUT2D eigenvalue weighted by Crippen LogP contribution is -2.16. The first-order chi connectivity index (χ1) is 10.1. The van der Waals surface area contributed by atoms with Crippen LogP contribution in [0.3, 0.4) is 0 Å². The average molecular weight is 287 g/mol. The number of hydrogen-bond donors (Lipinski definition) is 3. The molecule has 0 fully saturated rings. The highest BCUT2D eigenvalue weighted by molar-refractivity contribution is 6.35. The van der Waals surface area contributed by atoms with Gasteiger partial charge in [0, 0.05) is 11.8 Å². The minimum Gasteiger partial charge on any atom is -0.481 e. The first-order valence-corrected chi connectivity index (χ1v) is 6.20. The van der Waals surface area contributed by atoms with Crippen LogP contribution in [-0.2, 0) is 9.59 Å². The fourth-order valence-electron chi connectivity index (χ4n) is 1.69. The molecule has 7 heteroatoms. The van der Waals surface area contributed by atoms with Crippen LogP contribution >= 0.6 is 0 Å². The molecule has 0 aliphatic heterocycles. The summed E-state index contributed by atoms with van der Waals surface area (Å²) < 4.78 is 0. The number of aromatic nitrogens is 1. The highest BCUT2D eigenvalue weighted by atomic mass is 16.4. The second-order valence-electron chi connectivity index (χ2n) is 4.26. The van der Waals surface area contributed by atoms with Crippen molar-refractivity contribution in [3.8, 4) is 0 Å². The van der Waals surface area contributed by atoms with Crippen LogP contribution in [0, 0.1) is 0 Å². The van der Waals surface area contributed by atoms with E-state index >= 15 is 0 Å². The summed E-state index contributed by atoms with van der Waals surface area (Å²) in [7, 11) is 0. The van der Waals surface area contributed by atoms with Crippen LogP contribution in [0.25, 0.3) is 10.9 Å². The molecule has 0 saturated heterocycles. The van der Waals surface area contributed by atoms with Crippen molar-refractivity contribution in [3.05, 3.63) is 36.4 Å². The number of hydrazone groups is 1. The van der Waals surface area contributed by atoms with E-state index in [2.05, 4.69) is 15.5 Å². The molecule has 3 N–H and O–H groups in total. The number of hydrogen-bond acceptors (Lipinski definition) is 5. The van der Waals surface area contributed by atoms with Crippen LogP contribution in [0.4, 0.5) is 5.82 Å². The zero-order valence-corrected chi connectivity index (χ0v) is 11.0. The number of pyridine rings is 1. The fourth-order valence-corrected chi connectivity index (χ4v) is 1.69. The van der Waals surface area contributed by atoms with Gasteiger partial charge in [0.2, 0.25) is 0 Å². The van der Waals surface area contributed by atoms with E-state index in [1.807, 2.05) is 30.3 Å². The van der Waals surface area contributed by atoms with Crippen molar-refractivity contribution in [1.82, 2.24) is 4.98 Å². The van der Waals surface area contributed by atoms with E-state index in [9.17, 15) is 9.59 Å². The number of rotatable bonds is 6. The number of para-hydroxylation sites is 1. The van der Waals surface area contributed by atoms with Crippen LogP contribution in [-0.4, -0.2) is 32.8 Å². The number of carbonyl (C=O) groups is 2. The Labute approximate surface area is 119 Å². The molecular weight excluding hydrogens is 274 g/mol. The molecule has 7 nitrogen and oxygen atoms in total. The van der Waals surface area contributed by atoms with Gasteiger partial charge in [0.1, 0.15) is 11.5 Å². The van der Waals surface area contributed by atoms with Gasteiger partial charge < -0.3 is 10.2 Å². The molecule has 0 aliphatic carbocycles. The number of nitrogens with zero attached hydrogens (tertiary/aromatic N) is 2. The summed E-state index contributed by atoms with van der Waals surface area (Å²) in [5.41, 5.74) is 3.04. The predicted octanol–water partition coefficient (Wildman–Crippen LogP) is 1.95. The van der Waals surface area contributed by atoms with Crippen molar-refractivity contribution in [2.45, 2.75) is 12.8 Å². The second-order valence-corrected chi connectivity index (χ2v) is 4.26. The summed E-state index contributed by atoms with van der Waals surface area (Å²) in [5, 5.41) is 22.2. The lowest BCUT2D eigenvalue weighted by Gasteiger charge is -2.04. The maximum absolute atomic E-state index is 11.0. The van der Waals surface area contributed by atoms with E-state index in [1.54, 1.807) is 6.07 Å². The number of benzene rings is 1. The van der Waals surface area contributed by atoms with Gasteiger partial charge in [0.15, 0.2) is 0 Å². The van der Waals surface area contributed by atoms with E-state index in [0.717, 1.165) is 10.9 Å². The van der Waals surface area contributed by atoms with Crippen molar-refractivity contribution in [3.63, 3.8) is 0 Å². The lowest BCUT2D eigenvalue weighted by molar-refractivity contribution is -0.136. The molecule has 2 aromatic rings. The van der Waals surface area contributed by atoms with E-state index < -0.39 is 11.9 Å². The summed E-state index contributed by atoms with van der Waals surface area (Å²) in [6.45, 7) is 0. The van der Waals surface area contributed by atoms with Crippen LogP contribution in [0.2, 0.25) is 0 Å². The summed E-state index contributed by atoms with van der Waals surface area (Å²) in [5.74, 6) is -1.94. The van der Waals surface area contributed by atoms with Gasteiger partial charge in [-0.15, -0.1) is 0 Å². The number of fused-ring (bicyclic) bond motifs is 1. The maximum Gasteiger partial charge on any atom is 0.352 e. The third-order valence-electron chi connectivity index (χ3n) is 2.73. The normalized spacial score (nSPS) is 11.3. The van der Waals surface area contributed by atoms with E-state index in [-0.39, 0.29) is 18.6 Å². The molecule has 1 aromatic carbocycles. The number of carboxylic acid groups (broad SMARTS) is 2. The minimum absolute atomic E-state index is 0.161. The minimum atomic E-state index is -1.26. The third-order valence-corrected chi connectivity index (χ3v) is 2.73. The topological polar surface area (TPSA) is 112 Å². The zero-order valence-electron chi connectivity index (χ0n) is 11.0. The van der Waals surface area contributed by atoms with Crippen molar-refractivity contribution >= 4 is 34.4 Å². The summed E-state index contributed by atoms with van der Waals surface area (Å²) in [6, 6.07) is 11.0. The number of anilines is 1. The first kappa shape index (κ1) is 14.4. The first-order valence-electron chi connectivity index (χ1n) is 6.20. The summed E-state index contributed by atoms with van der Waals surface area (Å²) in [4.78, 5) is 25.7. The lowest BCUT2D eigenvalue weighted by atomic mass is 10.2. The van der Waals surface area contributed by atoms with E-state index in [4.69, 9.17) is 10.2 Å². The molecule has 0 saturated carbocycles. The van der Waals surface area contributed by atoms with Crippen LogP contribution in [0.5, 0.6) is 0 Å². The monoisotopic (exact) mass is 287 g/mol. The molecule has 0 radical (unpaired) electrons. The molecule has 108 valence electrons. The van der Waals surface area contributed by atoms with Gasteiger partial charge in [0.05, 0.1) is 11.9 Å². The average Bonchev–Trinajstić information content (AvgIpc) is 2.46. The molecule has 0 aliphatic rings. The highest BCUT2D eigenvalue weighted by Gasteiger charge is 2.11. The van der Waals surface area contributed by atoms with Crippen LogP contribution in [0.15, 0.2) is 41.5 Å². The van der Waals surface area contributed by atoms with E-state index in [1.165, 1.54) is 0 Å². The molecule has 0 bridgehead atoms. The fraction of sp³-hybridized carbons (Fsp3) is 0.143. The van der Waals surface area contributed by atoms with Gasteiger partial charge in [-0.1, -0.05) is 18.2 Å². The molecule has 0 amide bonds. The zero-order chi connectivity index (χ0) is 15.2. The molecule has 2 rings (SSSR count). The van der Waals surface area contributed by atoms with Gasteiger partial charge in [-0.2, -0.15) is 5.10 Å². The molecule has 0 spiro atoms. The largest absolute Gasteiger partial charge is 0.481 e. The predicted molar refractivity (Wildman–Crippen MR) is 77.3 cm³/mol. The summed E-state index contributed by atoms with van der Waals surface area (Å²) >= 11 is 0. The van der Waals surface area contributed by atoms with Crippen molar-refractivity contribution in [1.29, 1.82) is 0 Å². The van der Waals surface area contributed by atoms with Gasteiger partial charge >= 0.3 is 11.9 Å². The van der Waals surface area contributed by atoms with Gasteiger partial charge in [0.25, 0.3) is 0 Å². The molecular formula is C14H13N3O4. The number of nitrogens with one attached hydrogen (secondary N) is 1. The Bertz CT molecular complexity index is 712. The van der Waals surface area contributed by atoms with E-state index in [0.29, 0.717) is 5.82 Å². The Morgan fingerprint density at radius 3 is 2.57 bits per heavy atom. The number of aliphatic carboxylic acids is 2. The molecule has 1 heterocycles. The summed E-state index contributed by atoms with van der Waals surface area (Å²) in [6.07, 6.45) is -0.455. The second kappa shape index (κ2) is 6.47. The van der Waals surface area contributed by atoms with Crippen molar-refractivity contribution in [2.75, 3.05) is 5.43 Å². The highest BCUT2D eigenvalue weighted by Crippen LogP contribution is 2.14.